The zero-order valence-corrected chi connectivity index (χ0v) is 37.1. The van der Waals surface area contributed by atoms with Crippen LogP contribution in [0.4, 0.5) is 5.82 Å². The summed E-state index contributed by atoms with van der Waals surface area (Å²) in [5, 5.41) is 1.59. The second-order valence-electron chi connectivity index (χ2n) is 19.6. The van der Waals surface area contributed by atoms with Crippen molar-refractivity contribution in [1.82, 2.24) is 14.6 Å². The lowest BCUT2D eigenvalue weighted by Gasteiger charge is -2.32. The Labute approximate surface area is 359 Å². The molecule has 1 aromatic heterocycles. The van der Waals surface area contributed by atoms with Gasteiger partial charge in [-0.3, -0.25) is 23.9 Å². The van der Waals surface area contributed by atoms with Crippen LogP contribution in [0, 0.1) is 34.5 Å². The van der Waals surface area contributed by atoms with Crippen LogP contribution in [0.5, 0.6) is 11.6 Å². The number of fused-ring (bicyclic) bond motifs is 3. The molecule has 15 heteroatoms. The standard InChI is InChI=1S/C46H62N4O10S/c1-29-8-6-7-9-32-25-46(32,43(54)48-61(55,56)45(4)14-15-45)26-38(51)37-23-34(27-50(37)42(53)36(30(2)20-29)24-40(52)59-28-44(3)12-13-44)60-41-35-11-10-33(57-5)21-31(35)22-39(47-41)49-16-18-58-19-17-49/h7,9-11,21-22,29-30,32,34,36-37H,6,8,12-20,23-28H2,1-5H3,(H,48,54)/b9-7-/t29-,30+,32+,34+,36-,37-,46+/m0/s1. The molecule has 1 aromatic carbocycles. The number of anilines is 1. The fraction of sp³-hybridized carbons (Fsp3) is 0.674. The van der Waals surface area contributed by atoms with Gasteiger partial charge in [0.2, 0.25) is 27.7 Å². The number of nitrogens with one attached hydrogen (secondary N) is 1. The van der Waals surface area contributed by atoms with Crippen molar-refractivity contribution in [2.45, 2.75) is 115 Å². The van der Waals surface area contributed by atoms with E-state index < -0.39 is 50.1 Å². The van der Waals surface area contributed by atoms with Crippen LogP contribution >= 0.6 is 0 Å². The number of rotatable bonds is 11. The highest BCUT2D eigenvalue weighted by atomic mass is 32.2. The molecule has 2 aromatic rings. The smallest absolute Gasteiger partial charge is 0.306 e. The van der Waals surface area contributed by atoms with E-state index in [9.17, 15) is 22.8 Å². The molecule has 7 atom stereocenters. The molecule has 0 unspecified atom stereocenters. The lowest BCUT2D eigenvalue weighted by Crippen LogP contribution is -2.48. The third kappa shape index (κ3) is 9.28. The number of Topliss-reactive ketones (excluding diaryl/α,β-unsaturated/α-hetero) is 1. The van der Waals surface area contributed by atoms with Gasteiger partial charge in [-0.25, -0.2) is 8.42 Å². The Morgan fingerprint density at radius 3 is 2.49 bits per heavy atom. The minimum atomic E-state index is -3.96. The number of methoxy groups -OCH3 is 1. The molecule has 2 saturated heterocycles. The van der Waals surface area contributed by atoms with Gasteiger partial charge in [0.05, 0.1) is 62.0 Å². The number of nitrogens with zero attached hydrogens (tertiary/aromatic N) is 3. The predicted molar refractivity (Wildman–Crippen MR) is 228 cm³/mol. The summed E-state index contributed by atoms with van der Waals surface area (Å²) in [6, 6.07) is 6.64. The highest BCUT2D eigenvalue weighted by Crippen LogP contribution is 2.58. The Bertz CT molecular complexity index is 2180. The summed E-state index contributed by atoms with van der Waals surface area (Å²) in [7, 11) is -2.36. The quantitative estimate of drug-likeness (QED) is 0.215. The van der Waals surface area contributed by atoms with E-state index in [4.69, 9.17) is 23.9 Å². The van der Waals surface area contributed by atoms with Gasteiger partial charge in [-0.15, -0.1) is 0 Å². The van der Waals surface area contributed by atoms with Crippen LogP contribution in [0.2, 0.25) is 0 Å². The Hall–Kier alpha value is -4.24. The molecule has 61 heavy (non-hydrogen) atoms. The molecule has 332 valence electrons. The monoisotopic (exact) mass is 862 g/mol. The van der Waals surface area contributed by atoms with Crippen LogP contribution in [0.25, 0.3) is 10.8 Å². The first-order chi connectivity index (χ1) is 29.0. The van der Waals surface area contributed by atoms with Crippen molar-refractivity contribution in [3.8, 4) is 11.6 Å². The maximum absolute atomic E-state index is 15.1. The molecule has 6 aliphatic rings. The zero-order valence-electron chi connectivity index (χ0n) is 36.3. The Kier molecular flexibility index (Phi) is 12.0. The number of hydrogen-bond donors (Lipinski definition) is 1. The second-order valence-corrected chi connectivity index (χ2v) is 21.8. The van der Waals surface area contributed by atoms with Crippen molar-refractivity contribution in [3.05, 3.63) is 36.4 Å². The molecule has 14 nitrogen and oxygen atoms in total. The zero-order chi connectivity index (χ0) is 43.3. The number of carbonyl (C=O) groups excluding carboxylic acids is 4. The van der Waals surface area contributed by atoms with Gasteiger partial charge in [0.1, 0.15) is 17.7 Å². The lowest BCUT2D eigenvalue weighted by atomic mass is 9.82. The minimum Gasteiger partial charge on any atom is -0.497 e. The Morgan fingerprint density at radius 1 is 1.03 bits per heavy atom. The first-order valence-electron chi connectivity index (χ1n) is 22.2. The van der Waals surface area contributed by atoms with Gasteiger partial charge in [-0.2, -0.15) is 4.98 Å². The molecule has 0 bridgehead atoms. The van der Waals surface area contributed by atoms with Crippen LogP contribution in [-0.4, -0.2) is 105 Å². The maximum Gasteiger partial charge on any atom is 0.306 e. The molecule has 2 amide bonds. The van der Waals surface area contributed by atoms with Crippen LogP contribution in [0.15, 0.2) is 36.4 Å². The number of pyridine rings is 1. The maximum atomic E-state index is 15.1. The van der Waals surface area contributed by atoms with Gasteiger partial charge in [0.25, 0.3) is 0 Å². The van der Waals surface area contributed by atoms with E-state index in [0.29, 0.717) is 76.0 Å². The number of carbonyl (C=O) groups is 4. The summed E-state index contributed by atoms with van der Waals surface area (Å²) in [5.41, 5.74) is -1.29. The fourth-order valence-corrected chi connectivity index (χ4v) is 10.8. The number of hydrogen-bond acceptors (Lipinski definition) is 12. The molecule has 5 fully saturated rings. The van der Waals surface area contributed by atoms with Crippen LogP contribution < -0.4 is 19.1 Å². The Balaban J connectivity index is 1.13. The molecule has 0 radical (unpaired) electrons. The third-order valence-corrected chi connectivity index (χ3v) is 16.6. The average molecular weight is 863 g/mol. The number of sulfonamides is 1. The van der Waals surface area contributed by atoms with E-state index in [0.717, 1.165) is 36.5 Å². The van der Waals surface area contributed by atoms with Crippen molar-refractivity contribution < 1.29 is 46.5 Å². The van der Waals surface area contributed by atoms with Crippen LogP contribution in [0.3, 0.4) is 0 Å². The number of ether oxygens (including phenoxy) is 4. The molecule has 3 aliphatic carbocycles. The van der Waals surface area contributed by atoms with Gasteiger partial charge < -0.3 is 28.7 Å². The summed E-state index contributed by atoms with van der Waals surface area (Å²) in [6.45, 7) is 10.6. The first kappa shape index (κ1) is 43.4. The SMILES string of the molecule is COc1ccc2c(O[C@@H]3C[C@H]4C(=O)C[C@]5(C(=O)NS(=O)(=O)C6(C)CC6)C[C@H]5/C=C\CC[C@H](C)C[C@@H](C)[C@H](CC(=O)OCC5(C)CC5)C(=O)N4C3)nc(N3CCOCC3)cc2c1. The van der Waals surface area contributed by atoms with E-state index in [2.05, 4.69) is 23.5 Å². The van der Waals surface area contributed by atoms with Crippen molar-refractivity contribution in [2.24, 2.45) is 34.5 Å². The molecule has 1 N–H and O–H groups in total. The molecule has 3 saturated carbocycles. The van der Waals surface area contributed by atoms with Crippen molar-refractivity contribution >= 4 is 50.2 Å². The number of morpholine rings is 1. The lowest BCUT2D eigenvalue weighted by molar-refractivity contribution is -0.152. The largest absolute Gasteiger partial charge is 0.497 e. The van der Waals surface area contributed by atoms with Crippen molar-refractivity contribution in [2.75, 3.05) is 51.5 Å². The number of ketones is 1. The summed E-state index contributed by atoms with van der Waals surface area (Å²) in [5.74, 6) is -1.14. The van der Waals surface area contributed by atoms with Crippen molar-refractivity contribution in [3.63, 3.8) is 0 Å². The average Bonchev–Trinajstić information content (AvgIpc) is 4.20. The van der Waals surface area contributed by atoms with E-state index >= 15 is 4.79 Å². The summed E-state index contributed by atoms with van der Waals surface area (Å²) < 4.78 is 51.7. The number of amides is 2. The van der Waals surface area contributed by atoms with Gasteiger partial charge in [0.15, 0.2) is 5.78 Å². The second kappa shape index (κ2) is 16.8. The molecular weight excluding hydrogens is 801 g/mol. The van der Waals surface area contributed by atoms with E-state index in [-0.39, 0.29) is 60.7 Å². The van der Waals surface area contributed by atoms with E-state index in [1.54, 1.807) is 18.9 Å². The van der Waals surface area contributed by atoms with Crippen LogP contribution in [-0.2, 0) is 38.7 Å². The van der Waals surface area contributed by atoms with Gasteiger partial charge in [-0.1, -0.05) is 32.9 Å². The number of esters is 1. The van der Waals surface area contributed by atoms with Crippen molar-refractivity contribution in [1.29, 1.82) is 0 Å². The highest BCUT2D eigenvalue weighted by Gasteiger charge is 2.63. The molecule has 8 rings (SSSR count). The predicted octanol–water partition coefficient (Wildman–Crippen LogP) is 5.75. The minimum absolute atomic E-state index is 0.0207. The van der Waals surface area contributed by atoms with Gasteiger partial charge >= 0.3 is 5.97 Å². The van der Waals surface area contributed by atoms with Gasteiger partial charge in [0, 0.05) is 36.7 Å². The first-order valence-corrected chi connectivity index (χ1v) is 23.7. The summed E-state index contributed by atoms with van der Waals surface area (Å²) in [4.78, 5) is 66.3. The summed E-state index contributed by atoms with van der Waals surface area (Å²) in [6.07, 6.45) is 8.54. The van der Waals surface area contributed by atoms with E-state index in [1.165, 1.54) is 0 Å². The number of allylic oxidation sites excluding steroid dienone is 2. The molecular formula is C46H62N4O10S. The number of benzene rings is 1. The molecule has 4 heterocycles. The van der Waals surface area contributed by atoms with E-state index in [1.807, 2.05) is 43.3 Å². The fourth-order valence-electron chi connectivity index (χ4n) is 9.46. The summed E-state index contributed by atoms with van der Waals surface area (Å²) >= 11 is 0. The number of aromatic nitrogens is 1. The normalized spacial score (nSPS) is 31.5. The molecule has 3 aliphatic heterocycles. The topological polar surface area (TPSA) is 171 Å². The Morgan fingerprint density at radius 2 is 1.79 bits per heavy atom. The van der Waals surface area contributed by atoms with Gasteiger partial charge in [-0.05, 0) is 106 Å². The highest BCUT2D eigenvalue weighted by molar-refractivity contribution is 7.91. The third-order valence-electron chi connectivity index (χ3n) is 14.5. The van der Waals surface area contributed by atoms with Crippen LogP contribution in [0.1, 0.15) is 98.3 Å². The molecule has 0 spiro atoms.